The van der Waals surface area contributed by atoms with Crippen molar-refractivity contribution in [3.8, 4) is 0 Å². The van der Waals surface area contributed by atoms with Gasteiger partial charge in [0.25, 0.3) is 10.1 Å². The predicted octanol–water partition coefficient (Wildman–Crippen LogP) is 2.78. The van der Waals surface area contributed by atoms with Crippen molar-refractivity contribution in [3.63, 3.8) is 0 Å². The third-order valence-corrected chi connectivity index (χ3v) is 5.63. The Labute approximate surface area is 150 Å². The van der Waals surface area contributed by atoms with E-state index in [2.05, 4.69) is 4.18 Å². The Morgan fingerprint density at radius 3 is 2.76 bits per heavy atom. The van der Waals surface area contributed by atoms with E-state index in [-0.39, 0.29) is 24.3 Å². The molecule has 0 bridgehead atoms. The predicted molar refractivity (Wildman–Crippen MR) is 93.7 cm³/mol. The van der Waals surface area contributed by atoms with E-state index in [9.17, 15) is 17.9 Å². The maximum Gasteiger partial charge on any atom is 0.393 e. The van der Waals surface area contributed by atoms with Crippen molar-refractivity contribution < 1.29 is 36.1 Å². The van der Waals surface area contributed by atoms with Crippen LogP contribution >= 0.6 is 7.60 Å². The zero-order chi connectivity index (χ0) is 18.9. The highest BCUT2D eigenvalue weighted by molar-refractivity contribution is 7.85. The van der Waals surface area contributed by atoms with E-state index in [1.807, 2.05) is 6.92 Å². The molecule has 25 heavy (non-hydrogen) atoms. The summed E-state index contributed by atoms with van der Waals surface area (Å²) in [4.78, 5) is 10.3. The molecule has 1 aliphatic rings. The van der Waals surface area contributed by atoms with Crippen LogP contribution in [-0.4, -0.2) is 51.6 Å². The van der Waals surface area contributed by atoms with Gasteiger partial charge in [-0.1, -0.05) is 6.92 Å². The summed E-state index contributed by atoms with van der Waals surface area (Å²) in [6, 6.07) is 0. The molecule has 0 spiro atoms. The molecule has 0 aliphatic carbocycles. The van der Waals surface area contributed by atoms with Gasteiger partial charge in [0, 0.05) is 6.61 Å². The Bertz CT molecular complexity index is 568. The average molecular weight is 400 g/mol. The minimum absolute atomic E-state index is 0.00287. The SMILES string of the molecule is CCC(C)O[P@@](=O)(O)C(=CCCCOS(C)(=O)=O)OC1CCCOC1. The van der Waals surface area contributed by atoms with Gasteiger partial charge in [-0.25, -0.2) is 0 Å². The first kappa shape index (κ1) is 22.6. The highest BCUT2D eigenvalue weighted by Gasteiger charge is 2.32. The number of allylic oxidation sites excluding steroid dienone is 1. The van der Waals surface area contributed by atoms with Crippen LogP contribution in [0.3, 0.4) is 0 Å². The molecule has 0 aromatic heterocycles. The van der Waals surface area contributed by atoms with Crippen LogP contribution in [0.25, 0.3) is 0 Å². The highest BCUT2D eigenvalue weighted by Crippen LogP contribution is 2.53. The molecule has 10 heteroatoms. The summed E-state index contributed by atoms with van der Waals surface area (Å²) < 4.78 is 55.3. The summed E-state index contributed by atoms with van der Waals surface area (Å²) in [6.45, 7) is 4.58. The average Bonchev–Trinajstić information content (AvgIpc) is 2.52. The first-order valence-corrected chi connectivity index (χ1v) is 11.8. The van der Waals surface area contributed by atoms with Gasteiger partial charge in [-0.2, -0.15) is 8.42 Å². The Kier molecular flexibility index (Phi) is 9.62. The Morgan fingerprint density at radius 1 is 1.48 bits per heavy atom. The van der Waals surface area contributed by atoms with Gasteiger partial charge in [0.2, 0.25) is 5.50 Å². The van der Waals surface area contributed by atoms with Crippen molar-refractivity contribution in [3.05, 3.63) is 11.6 Å². The molecule has 0 amide bonds. The summed E-state index contributed by atoms with van der Waals surface area (Å²) in [5.74, 6) is 0. The molecule has 148 valence electrons. The van der Waals surface area contributed by atoms with E-state index in [1.54, 1.807) is 6.92 Å². The number of unbranched alkanes of at least 4 members (excludes halogenated alkanes) is 1. The normalized spacial score (nSPS) is 23.0. The van der Waals surface area contributed by atoms with Crippen LogP contribution < -0.4 is 0 Å². The van der Waals surface area contributed by atoms with Crippen LogP contribution in [0, 0.1) is 0 Å². The molecule has 1 rings (SSSR count). The van der Waals surface area contributed by atoms with E-state index in [4.69, 9.17) is 14.0 Å². The van der Waals surface area contributed by atoms with Gasteiger partial charge in [-0.05, 0) is 45.1 Å². The van der Waals surface area contributed by atoms with Gasteiger partial charge < -0.3 is 18.9 Å². The third-order valence-electron chi connectivity index (χ3n) is 3.55. The minimum Gasteiger partial charge on any atom is -0.480 e. The fourth-order valence-electron chi connectivity index (χ4n) is 2.09. The fraction of sp³-hybridized carbons (Fsp3) is 0.867. The minimum atomic E-state index is -4.10. The summed E-state index contributed by atoms with van der Waals surface area (Å²) >= 11 is 0. The number of rotatable bonds is 11. The molecule has 0 aromatic rings. The van der Waals surface area contributed by atoms with Gasteiger partial charge in [0.05, 0.1) is 25.6 Å². The maximum atomic E-state index is 12.6. The number of ether oxygens (including phenoxy) is 2. The van der Waals surface area contributed by atoms with E-state index in [1.165, 1.54) is 6.08 Å². The topological polar surface area (TPSA) is 108 Å². The summed E-state index contributed by atoms with van der Waals surface area (Å²) in [5, 5.41) is 0. The van der Waals surface area contributed by atoms with Crippen molar-refractivity contribution >= 4 is 17.7 Å². The lowest BCUT2D eigenvalue weighted by molar-refractivity contribution is -0.0202. The third kappa shape index (κ3) is 9.72. The van der Waals surface area contributed by atoms with Gasteiger partial charge in [0.1, 0.15) is 6.10 Å². The van der Waals surface area contributed by atoms with Crippen molar-refractivity contribution in [2.75, 3.05) is 26.1 Å². The lowest BCUT2D eigenvalue weighted by Crippen LogP contribution is -2.25. The molecule has 1 aliphatic heterocycles. The smallest absolute Gasteiger partial charge is 0.393 e. The molecule has 1 heterocycles. The molecule has 1 saturated heterocycles. The monoisotopic (exact) mass is 400 g/mol. The zero-order valence-corrected chi connectivity index (χ0v) is 16.8. The van der Waals surface area contributed by atoms with Gasteiger partial charge >= 0.3 is 7.60 Å². The second-order valence-corrected chi connectivity index (χ2v) is 9.35. The number of hydrogen-bond acceptors (Lipinski definition) is 7. The quantitative estimate of drug-likeness (QED) is 0.244. The van der Waals surface area contributed by atoms with E-state index in [0.29, 0.717) is 32.5 Å². The Hall–Kier alpha value is -0.440. The maximum absolute atomic E-state index is 12.6. The fourth-order valence-corrected chi connectivity index (χ4v) is 3.90. The van der Waals surface area contributed by atoms with Crippen LogP contribution in [0.5, 0.6) is 0 Å². The standard InChI is InChI=1S/C15H29O8PS/c1-4-13(2)23-24(16,17)15(22-14-8-7-10-20-12-14)9-5-6-11-21-25(3,18)19/h9,13-14H,4-8,10-12H2,1-3H3,(H,16,17). The largest absolute Gasteiger partial charge is 0.480 e. The van der Waals surface area contributed by atoms with Gasteiger partial charge in [-0.15, -0.1) is 0 Å². The van der Waals surface area contributed by atoms with Crippen molar-refractivity contribution in [1.82, 2.24) is 0 Å². The summed E-state index contributed by atoms with van der Waals surface area (Å²) in [5.41, 5.74) is -0.109. The van der Waals surface area contributed by atoms with E-state index >= 15 is 0 Å². The molecular weight excluding hydrogens is 371 g/mol. The second-order valence-electron chi connectivity index (χ2n) is 6.01. The van der Waals surface area contributed by atoms with Gasteiger partial charge in [-0.3, -0.25) is 8.75 Å². The molecule has 2 unspecified atom stereocenters. The summed E-state index contributed by atoms with van der Waals surface area (Å²) in [6.07, 6.45) is 4.60. The van der Waals surface area contributed by atoms with Gasteiger partial charge in [0.15, 0.2) is 0 Å². The van der Waals surface area contributed by atoms with Crippen molar-refractivity contribution in [1.29, 1.82) is 0 Å². The second kappa shape index (κ2) is 10.6. The molecule has 8 nitrogen and oxygen atoms in total. The molecule has 1 N–H and O–H groups in total. The molecular formula is C15H29O8PS. The number of hydrogen-bond donors (Lipinski definition) is 1. The molecule has 0 saturated carbocycles. The first-order chi connectivity index (χ1) is 11.6. The lowest BCUT2D eigenvalue weighted by atomic mass is 10.2. The molecule has 0 radical (unpaired) electrons. The molecule has 0 aromatic carbocycles. The van der Waals surface area contributed by atoms with E-state index in [0.717, 1.165) is 19.1 Å². The lowest BCUT2D eigenvalue weighted by Gasteiger charge is -2.27. The van der Waals surface area contributed by atoms with Crippen LogP contribution in [0.15, 0.2) is 11.6 Å². The van der Waals surface area contributed by atoms with Crippen molar-refractivity contribution in [2.24, 2.45) is 0 Å². The highest BCUT2D eigenvalue weighted by atomic mass is 32.2. The molecule has 3 atom stereocenters. The van der Waals surface area contributed by atoms with Crippen LogP contribution in [0.4, 0.5) is 0 Å². The van der Waals surface area contributed by atoms with E-state index < -0.39 is 17.7 Å². The Balaban J connectivity index is 2.71. The summed E-state index contributed by atoms with van der Waals surface area (Å²) in [7, 11) is -7.59. The zero-order valence-electron chi connectivity index (χ0n) is 15.0. The van der Waals surface area contributed by atoms with Crippen LogP contribution in [0.2, 0.25) is 0 Å². The first-order valence-electron chi connectivity index (χ1n) is 8.44. The Morgan fingerprint density at radius 2 is 2.20 bits per heavy atom. The van der Waals surface area contributed by atoms with Crippen LogP contribution in [0.1, 0.15) is 46.0 Å². The van der Waals surface area contributed by atoms with Crippen LogP contribution in [-0.2, 0) is 32.9 Å². The van der Waals surface area contributed by atoms with Crippen molar-refractivity contribution in [2.45, 2.75) is 58.2 Å². The molecule has 1 fully saturated rings.